The van der Waals surface area contributed by atoms with Crippen molar-refractivity contribution < 1.29 is 4.74 Å². The monoisotopic (exact) mass is 218 g/mol. The average molecular weight is 218 g/mol. The summed E-state index contributed by atoms with van der Waals surface area (Å²) in [6, 6.07) is 6.80. The van der Waals surface area contributed by atoms with Crippen molar-refractivity contribution in [2.24, 2.45) is 5.92 Å². The van der Waals surface area contributed by atoms with Gasteiger partial charge in [-0.1, -0.05) is 30.7 Å². The second kappa shape index (κ2) is 4.58. The number of aryl methyl sites for hydroxylation is 2. The maximum Gasteiger partial charge on any atom is 0.0553 e. The molecule has 3 unspecified atom stereocenters. The maximum atomic E-state index is 5.71. The van der Waals surface area contributed by atoms with E-state index in [0.717, 1.165) is 13.0 Å². The zero-order chi connectivity index (χ0) is 11.7. The lowest BCUT2D eigenvalue weighted by molar-refractivity contribution is -0.0120. The molecule has 1 nitrogen and oxygen atoms in total. The van der Waals surface area contributed by atoms with E-state index in [1.807, 2.05) is 0 Å². The Balaban J connectivity index is 2.30. The third-order valence-corrected chi connectivity index (χ3v) is 3.75. The van der Waals surface area contributed by atoms with Crippen molar-refractivity contribution in [3.05, 3.63) is 34.9 Å². The smallest absolute Gasteiger partial charge is 0.0553 e. The molecule has 1 aliphatic heterocycles. The third kappa shape index (κ3) is 2.30. The molecule has 1 saturated heterocycles. The van der Waals surface area contributed by atoms with Gasteiger partial charge in [-0.15, -0.1) is 0 Å². The predicted octanol–water partition coefficient (Wildman–Crippen LogP) is 3.83. The Morgan fingerprint density at radius 1 is 1.19 bits per heavy atom. The Hall–Kier alpha value is -0.820. The molecule has 1 aromatic rings. The van der Waals surface area contributed by atoms with Crippen molar-refractivity contribution >= 4 is 0 Å². The third-order valence-electron chi connectivity index (χ3n) is 3.75. The summed E-state index contributed by atoms with van der Waals surface area (Å²) in [5, 5.41) is 0. The van der Waals surface area contributed by atoms with Gasteiger partial charge in [0.2, 0.25) is 0 Å². The molecule has 1 heterocycles. The van der Waals surface area contributed by atoms with Gasteiger partial charge in [-0.2, -0.15) is 0 Å². The Labute approximate surface area is 98.8 Å². The molecule has 2 rings (SSSR count). The van der Waals surface area contributed by atoms with E-state index in [-0.39, 0.29) is 0 Å². The minimum absolute atomic E-state index is 0.404. The van der Waals surface area contributed by atoms with Gasteiger partial charge in [0, 0.05) is 0 Å². The molecule has 0 bridgehead atoms. The van der Waals surface area contributed by atoms with Gasteiger partial charge < -0.3 is 4.74 Å². The highest BCUT2D eigenvalue weighted by Gasteiger charge is 2.28. The highest BCUT2D eigenvalue weighted by molar-refractivity contribution is 5.34. The molecule has 1 aliphatic rings. The van der Waals surface area contributed by atoms with Gasteiger partial charge in [-0.05, 0) is 50.2 Å². The Kier molecular flexibility index (Phi) is 3.34. The molecule has 0 N–H and O–H groups in total. The van der Waals surface area contributed by atoms with Crippen LogP contribution in [0.25, 0.3) is 0 Å². The number of hydrogen-bond donors (Lipinski definition) is 0. The fraction of sp³-hybridized carbons (Fsp3) is 0.600. The van der Waals surface area contributed by atoms with Crippen molar-refractivity contribution in [3.8, 4) is 0 Å². The van der Waals surface area contributed by atoms with Crippen LogP contribution in [0.5, 0.6) is 0 Å². The lowest BCUT2D eigenvalue weighted by atomic mass is 9.79. The molecule has 3 atom stereocenters. The number of rotatable bonds is 1. The van der Waals surface area contributed by atoms with Gasteiger partial charge in [0.1, 0.15) is 0 Å². The molecule has 0 radical (unpaired) electrons. The number of benzene rings is 1. The van der Waals surface area contributed by atoms with E-state index in [9.17, 15) is 0 Å². The van der Waals surface area contributed by atoms with Crippen molar-refractivity contribution in [2.75, 3.05) is 6.61 Å². The molecule has 16 heavy (non-hydrogen) atoms. The van der Waals surface area contributed by atoms with Crippen LogP contribution in [0.15, 0.2) is 18.2 Å². The average Bonchev–Trinajstić information content (AvgIpc) is 2.25. The fourth-order valence-corrected chi connectivity index (χ4v) is 2.68. The lowest BCUT2D eigenvalue weighted by Crippen LogP contribution is -2.29. The van der Waals surface area contributed by atoms with Crippen LogP contribution in [0.3, 0.4) is 0 Å². The van der Waals surface area contributed by atoms with Crippen LogP contribution >= 0.6 is 0 Å². The van der Waals surface area contributed by atoms with Gasteiger partial charge in [-0.3, -0.25) is 0 Å². The molecule has 1 fully saturated rings. The van der Waals surface area contributed by atoms with Crippen LogP contribution in [0.4, 0.5) is 0 Å². The van der Waals surface area contributed by atoms with E-state index in [4.69, 9.17) is 4.74 Å². The molecular weight excluding hydrogens is 196 g/mol. The molecular formula is C15H22O. The fourth-order valence-electron chi connectivity index (χ4n) is 2.68. The van der Waals surface area contributed by atoms with Crippen LogP contribution in [0.1, 0.15) is 42.9 Å². The Morgan fingerprint density at radius 2 is 1.94 bits per heavy atom. The topological polar surface area (TPSA) is 9.23 Å². The van der Waals surface area contributed by atoms with Crippen molar-refractivity contribution in [3.63, 3.8) is 0 Å². The van der Waals surface area contributed by atoms with E-state index < -0.39 is 0 Å². The van der Waals surface area contributed by atoms with Crippen LogP contribution in [-0.2, 0) is 4.74 Å². The van der Waals surface area contributed by atoms with E-state index in [1.54, 1.807) is 0 Å². The summed E-state index contributed by atoms with van der Waals surface area (Å²) in [6.07, 6.45) is 1.56. The lowest BCUT2D eigenvalue weighted by Gasteiger charge is -2.34. The summed E-state index contributed by atoms with van der Waals surface area (Å²) in [7, 11) is 0. The van der Waals surface area contributed by atoms with E-state index in [2.05, 4.69) is 45.9 Å². The summed E-state index contributed by atoms with van der Waals surface area (Å²) in [5.41, 5.74) is 4.33. The predicted molar refractivity (Wildman–Crippen MR) is 67.9 cm³/mol. The van der Waals surface area contributed by atoms with Crippen LogP contribution < -0.4 is 0 Å². The summed E-state index contributed by atoms with van der Waals surface area (Å²) >= 11 is 0. The second-order valence-electron chi connectivity index (χ2n) is 5.32. The van der Waals surface area contributed by atoms with Crippen LogP contribution in [-0.4, -0.2) is 12.7 Å². The molecule has 0 aliphatic carbocycles. The summed E-state index contributed by atoms with van der Waals surface area (Å²) in [6.45, 7) is 9.79. The standard InChI is InChI=1S/C15H22O/c1-10-5-6-11(2)14(7-10)15-8-13(4)16-9-12(15)3/h5-7,12-13,15H,8-9H2,1-4H3. The Morgan fingerprint density at radius 3 is 2.69 bits per heavy atom. The van der Waals surface area contributed by atoms with Crippen molar-refractivity contribution in [1.29, 1.82) is 0 Å². The largest absolute Gasteiger partial charge is 0.378 e. The molecule has 1 aromatic carbocycles. The van der Waals surface area contributed by atoms with Gasteiger partial charge in [-0.25, -0.2) is 0 Å². The first-order chi connectivity index (χ1) is 7.58. The first kappa shape index (κ1) is 11.7. The van der Waals surface area contributed by atoms with E-state index in [0.29, 0.717) is 17.9 Å². The number of hydrogen-bond acceptors (Lipinski definition) is 1. The van der Waals surface area contributed by atoms with Crippen LogP contribution in [0, 0.1) is 19.8 Å². The first-order valence-corrected chi connectivity index (χ1v) is 6.26. The van der Waals surface area contributed by atoms with Gasteiger partial charge >= 0.3 is 0 Å². The van der Waals surface area contributed by atoms with Crippen molar-refractivity contribution in [1.82, 2.24) is 0 Å². The second-order valence-corrected chi connectivity index (χ2v) is 5.32. The summed E-state index contributed by atoms with van der Waals surface area (Å²) < 4.78 is 5.71. The molecule has 0 amide bonds. The minimum atomic E-state index is 0.404. The summed E-state index contributed by atoms with van der Waals surface area (Å²) in [5.74, 6) is 1.31. The first-order valence-electron chi connectivity index (χ1n) is 6.26. The Bertz CT molecular complexity index is 370. The van der Waals surface area contributed by atoms with E-state index in [1.165, 1.54) is 16.7 Å². The molecule has 0 aromatic heterocycles. The zero-order valence-corrected chi connectivity index (χ0v) is 10.8. The molecule has 88 valence electrons. The van der Waals surface area contributed by atoms with Gasteiger partial charge in [0.25, 0.3) is 0 Å². The minimum Gasteiger partial charge on any atom is -0.378 e. The molecule has 1 heteroatoms. The maximum absolute atomic E-state index is 5.71. The zero-order valence-electron chi connectivity index (χ0n) is 10.8. The van der Waals surface area contributed by atoms with Crippen LogP contribution in [0.2, 0.25) is 0 Å². The SMILES string of the molecule is Cc1ccc(C)c(C2CC(C)OCC2C)c1. The summed E-state index contributed by atoms with van der Waals surface area (Å²) in [4.78, 5) is 0. The van der Waals surface area contributed by atoms with Crippen molar-refractivity contribution in [2.45, 2.75) is 46.1 Å². The van der Waals surface area contributed by atoms with E-state index >= 15 is 0 Å². The normalized spacial score (nSPS) is 30.4. The molecule has 0 saturated carbocycles. The van der Waals surface area contributed by atoms with Gasteiger partial charge in [0.05, 0.1) is 12.7 Å². The highest BCUT2D eigenvalue weighted by atomic mass is 16.5. The quantitative estimate of drug-likeness (QED) is 0.696. The number of ether oxygens (including phenoxy) is 1. The highest BCUT2D eigenvalue weighted by Crippen LogP contribution is 2.36. The molecule has 0 spiro atoms. The van der Waals surface area contributed by atoms with Gasteiger partial charge in [0.15, 0.2) is 0 Å².